The molecule has 0 spiro atoms. The summed E-state index contributed by atoms with van der Waals surface area (Å²) in [6, 6.07) is 0. The summed E-state index contributed by atoms with van der Waals surface area (Å²) in [5.74, 6) is 0. The van der Waals surface area contributed by atoms with Gasteiger partial charge in [-0.05, 0) is 0 Å². The summed E-state index contributed by atoms with van der Waals surface area (Å²) in [6.07, 6.45) is 0. The molecule has 0 unspecified atom stereocenters. The van der Waals surface area contributed by atoms with Crippen molar-refractivity contribution in [3.8, 4) is 0 Å². The zero-order valence-electron chi connectivity index (χ0n) is 2.45. The van der Waals surface area contributed by atoms with E-state index in [1.807, 2.05) is 0 Å². The second-order valence-electron chi connectivity index (χ2n) is 0. The van der Waals surface area contributed by atoms with E-state index in [1.165, 1.54) is 18.0 Å². The number of rotatable bonds is 0. The summed E-state index contributed by atoms with van der Waals surface area (Å²) in [5, 5.41) is 0. The molecular formula is Mo2S3W-2. The van der Waals surface area contributed by atoms with E-state index in [1.54, 1.807) is 0 Å². The molecule has 0 aliphatic rings. The van der Waals surface area contributed by atoms with Crippen LogP contribution in [0, 0.1) is 0 Å². The van der Waals surface area contributed by atoms with E-state index in [2.05, 4.69) is 33.1 Å². The van der Waals surface area contributed by atoms with Crippen LogP contribution in [0.3, 0.4) is 0 Å². The minimum absolute atomic E-state index is 0. The van der Waals surface area contributed by atoms with Gasteiger partial charge in [0, 0.05) is 42.1 Å². The molecule has 0 amide bonds. The zero-order chi connectivity index (χ0) is 4.00. The van der Waals surface area contributed by atoms with Crippen molar-refractivity contribution in [2.75, 3.05) is 0 Å². The standard InChI is InChI=1S/2Mo.S2.S.W/c;;1-2;;/q;;-2;;. The average molecular weight is 472 g/mol. The summed E-state index contributed by atoms with van der Waals surface area (Å²) in [7, 11) is 4.17. The van der Waals surface area contributed by atoms with Crippen LogP contribution >= 0.6 is 9.82 Å². The quantitative estimate of drug-likeness (QED) is 0.289. The number of hydrogen-bond donors (Lipinski definition) is 0. The van der Waals surface area contributed by atoms with Crippen LogP contribution in [-0.4, -0.2) is 0 Å². The van der Waals surface area contributed by atoms with Crippen LogP contribution in [-0.2, 0) is 83.4 Å². The zero-order valence-corrected chi connectivity index (χ0v) is 11.8. The summed E-state index contributed by atoms with van der Waals surface area (Å²) in [5.41, 5.74) is 0. The first-order chi connectivity index (χ1) is 2.00. The first kappa shape index (κ1) is 23.1. The summed E-state index contributed by atoms with van der Waals surface area (Å²) < 4.78 is 0. The molecule has 0 radical (unpaired) electrons. The van der Waals surface area contributed by atoms with Gasteiger partial charge in [0.1, 0.15) is 0 Å². The van der Waals surface area contributed by atoms with Gasteiger partial charge in [0.05, 0.1) is 0 Å². The molecule has 0 bridgehead atoms. The van der Waals surface area contributed by atoms with E-state index in [9.17, 15) is 0 Å². The minimum atomic E-state index is 0. The maximum absolute atomic E-state index is 4.17. The Bertz CT molecular complexity index is 8.75. The van der Waals surface area contributed by atoms with Gasteiger partial charge < -0.3 is 23.3 Å². The molecule has 0 aliphatic heterocycles. The van der Waals surface area contributed by atoms with Gasteiger partial charge in [-0.25, -0.2) is 0 Å². The molecule has 0 aromatic rings. The molecule has 0 saturated carbocycles. The first-order valence-corrected chi connectivity index (χ1v) is 5.59. The molecule has 0 aromatic heterocycles. The van der Waals surface area contributed by atoms with Gasteiger partial charge >= 0.3 is 27.8 Å². The second kappa shape index (κ2) is 43.7. The van der Waals surface area contributed by atoms with Crippen molar-refractivity contribution in [1.82, 2.24) is 0 Å². The molecule has 0 aliphatic carbocycles. The van der Waals surface area contributed by atoms with Crippen molar-refractivity contribution in [3.63, 3.8) is 0 Å². The molecule has 6 heteroatoms. The second-order valence-corrected chi connectivity index (χ2v) is 0. The van der Waals surface area contributed by atoms with Gasteiger partial charge in [-0.1, -0.05) is 0 Å². The Morgan fingerprint density at radius 2 is 1.00 bits per heavy atom. The average Bonchev–Trinajstić information content (AvgIpc) is 1.50. The van der Waals surface area contributed by atoms with E-state index in [-0.39, 0.29) is 42.1 Å². The Kier molecular flexibility index (Phi) is 168. The maximum atomic E-state index is 4.17. The Balaban J connectivity index is -0.00000000500. The molecule has 0 heterocycles. The molecule has 0 N–H and O–H groups in total. The van der Waals surface area contributed by atoms with E-state index in [0.29, 0.717) is 0 Å². The van der Waals surface area contributed by atoms with Crippen molar-refractivity contribution < 1.29 is 60.1 Å². The predicted molar refractivity (Wildman–Crippen MR) is 22.3 cm³/mol. The summed E-state index contributed by atoms with van der Waals surface area (Å²) in [4.78, 5) is 0. The molecular weight excluding hydrogens is 472 g/mol. The van der Waals surface area contributed by atoms with Gasteiger partial charge in [-0.3, -0.25) is 0 Å². The van der Waals surface area contributed by atoms with Gasteiger partial charge in [0.2, 0.25) is 0 Å². The normalized spacial score (nSPS) is 1.67. The van der Waals surface area contributed by atoms with Crippen molar-refractivity contribution in [2.24, 2.45) is 0 Å². The molecule has 0 rings (SSSR count). The summed E-state index contributed by atoms with van der Waals surface area (Å²) >= 11 is 8.50. The van der Waals surface area contributed by atoms with Gasteiger partial charge in [0.15, 0.2) is 0 Å². The van der Waals surface area contributed by atoms with Crippen molar-refractivity contribution in [2.45, 2.75) is 0 Å². The Morgan fingerprint density at radius 1 is 1.00 bits per heavy atom. The van der Waals surface area contributed by atoms with Crippen molar-refractivity contribution in [1.29, 1.82) is 0 Å². The Morgan fingerprint density at radius 3 is 1.00 bits per heavy atom. The third kappa shape index (κ3) is 28.1. The first-order valence-electron chi connectivity index (χ1n) is 0.333. The van der Waals surface area contributed by atoms with Crippen LogP contribution in [0.1, 0.15) is 0 Å². The monoisotopic (exact) mass is 476 g/mol. The van der Waals surface area contributed by atoms with Crippen LogP contribution in [0.2, 0.25) is 0 Å². The molecule has 6 heavy (non-hydrogen) atoms. The third-order valence-corrected chi connectivity index (χ3v) is 0. The molecule has 0 atom stereocenters. The fourth-order valence-corrected chi connectivity index (χ4v) is 0. The molecule has 0 saturated heterocycles. The van der Waals surface area contributed by atoms with Crippen molar-refractivity contribution in [3.05, 3.63) is 0 Å². The van der Waals surface area contributed by atoms with Gasteiger partial charge in [0.25, 0.3) is 0 Å². The number of hydrogen-bond acceptors (Lipinski definition) is 3. The fourth-order valence-electron chi connectivity index (χ4n) is 0. The van der Waals surface area contributed by atoms with Gasteiger partial charge in [-0.15, -0.1) is 0 Å². The molecule has 38 valence electrons. The third-order valence-electron chi connectivity index (χ3n) is 0. The van der Waals surface area contributed by atoms with E-state index >= 15 is 0 Å². The SMILES string of the molecule is [Mo].[Mo].[S-][S-].[S]=[W]. The van der Waals surface area contributed by atoms with Crippen LogP contribution in [0.25, 0.3) is 0 Å². The van der Waals surface area contributed by atoms with E-state index in [0.717, 1.165) is 0 Å². The van der Waals surface area contributed by atoms with Crippen LogP contribution in [0.15, 0.2) is 0 Å². The topological polar surface area (TPSA) is 0 Å². The summed E-state index contributed by atoms with van der Waals surface area (Å²) in [6.45, 7) is 0. The van der Waals surface area contributed by atoms with Gasteiger partial charge in [-0.2, -0.15) is 0 Å². The van der Waals surface area contributed by atoms with Crippen LogP contribution < -0.4 is 0 Å². The molecule has 0 aromatic carbocycles. The molecule has 0 nitrogen and oxygen atoms in total. The Hall–Kier alpha value is 2.98. The van der Waals surface area contributed by atoms with Crippen LogP contribution in [0.5, 0.6) is 0 Å². The Labute approximate surface area is 91.7 Å². The molecule has 0 fully saturated rings. The van der Waals surface area contributed by atoms with Crippen LogP contribution in [0.4, 0.5) is 0 Å². The van der Waals surface area contributed by atoms with E-state index < -0.39 is 0 Å². The van der Waals surface area contributed by atoms with Crippen molar-refractivity contribution >= 4 is 33.1 Å². The van der Waals surface area contributed by atoms with E-state index in [4.69, 9.17) is 0 Å². The fraction of sp³-hybridized carbons (Fsp3) is 0. The predicted octanol–water partition coefficient (Wildman–Crippen LogP) is 0.636.